The number of halogens is 9. The molecule has 0 bridgehead atoms. The Hall–Kier alpha value is -1.16. The van der Waals surface area contributed by atoms with Gasteiger partial charge < -0.3 is 4.74 Å². The van der Waals surface area contributed by atoms with Crippen molar-refractivity contribution in [1.29, 1.82) is 0 Å². The molecule has 0 radical (unpaired) electrons. The Bertz CT molecular complexity index is 375. The van der Waals surface area contributed by atoms with Gasteiger partial charge in [0.05, 0.1) is 5.92 Å². The van der Waals surface area contributed by atoms with Crippen molar-refractivity contribution in [3.05, 3.63) is 0 Å². The third-order valence-electron chi connectivity index (χ3n) is 2.62. The second kappa shape index (κ2) is 5.91. The number of alkyl halides is 9. The van der Waals surface area contributed by atoms with E-state index in [2.05, 4.69) is 4.74 Å². The normalized spacial score (nSPS) is 15.8. The highest BCUT2D eigenvalue weighted by molar-refractivity contribution is 5.71. The maximum Gasteiger partial charge on any atom is 0.460 e. The zero-order valence-electron chi connectivity index (χ0n) is 10.7. The van der Waals surface area contributed by atoms with Crippen LogP contribution in [0.1, 0.15) is 20.3 Å². The summed E-state index contributed by atoms with van der Waals surface area (Å²) in [5.74, 6) is -22.1. The minimum absolute atomic E-state index is 0.0690. The van der Waals surface area contributed by atoms with Crippen LogP contribution in [0.4, 0.5) is 39.5 Å². The lowest BCUT2D eigenvalue weighted by Crippen LogP contribution is -2.62. The van der Waals surface area contributed by atoms with Gasteiger partial charge in [0.25, 0.3) is 0 Å². The molecule has 0 rings (SSSR count). The molecule has 0 aromatic rings. The minimum Gasteiger partial charge on any atom is -0.459 e. The number of esters is 1. The standard InChI is InChI=1S/C10H11F9O2/c1-3-5(2)6(20)21-4-7(11,12)8(13,14)9(15,16)10(17,18)19/h5H,3-4H2,1-2H3. The Morgan fingerprint density at radius 1 is 0.952 bits per heavy atom. The Morgan fingerprint density at radius 3 is 1.71 bits per heavy atom. The summed E-state index contributed by atoms with van der Waals surface area (Å²) in [5.41, 5.74) is 0. The van der Waals surface area contributed by atoms with Gasteiger partial charge in [0, 0.05) is 0 Å². The topological polar surface area (TPSA) is 26.3 Å². The Labute approximate surface area is 113 Å². The lowest BCUT2D eigenvalue weighted by atomic mass is 10.0. The summed E-state index contributed by atoms with van der Waals surface area (Å²) in [7, 11) is 0. The molecule has 0 saturated heterocycles. The van der Waals surface area contributed by atoms with E-state index in [1.54, 1.807) is 0 Å². The van der Waals surface area contributed by atoms with Crippen LogP contribution in [0.5, 0.6) is 0 Å². The molecular formula is C10H11F9O2. The second-order valence-corrected chi connectivity index (χ2v) is 4.27. The third-order valence-corrected chi connectivity index (χ3v) is 2.62. The SMILES string of the molecule is CCC(C)C(=O)OCC(F)(F)C(F)(F)C(F)(F)C(F)(F)F. The van der Waals surface area contributed by atoms with Gasteiger partial charge in [0.1, 0.15) is 0 Å². The molecule has 0 saturated carbocycles. The number of hydrogen-bond donors (Lipinski definition) is 0. The number of carbonyl (C=O) groups excluding carboxylic acids is 1. The molecule has 11 heteroatoms. The van der Waals surface area contributed by atoms with E-state index in [9.17, 15) is 44.3 Å². The Kier molecular flexibility index (Phi) is 5.59. The van der Waals surface area contributed by atoms with E-state index in [-0.39, 0.29) is 6.42 Å². The monoisotopic (exact) mass is 334 g/mol. The fraction of sp³-hybridized carbons (Fsp3) is 0.900. The molecule has 2 nitrogen and oxygen atoms in total. The molecule has 0 amide bonds. The van der Waals surface area contributed by atoms with Crippen LogP contribution in [-0.2, 0) is 9.53 Å². The van der Waals surface area contributed by atoms with Crippen molar-refractivity contribution in [2.45, 2.75) is 44.2 Å². The van der Waals surface area contributed by atoms with Gasteiger partial charge in [0.15, 0.2) is 6.61 Å². The van der Waals surface area contributed by atoms with Gasteiger partial charge in [-0.2, -0.15) is 39.5 Å². The lowest BCUT2D eigenvalue weighted by Gasteiger charge is -2.33. The minimum atomic E-state index is -6.98. The van der Waals surface area contributed by atoms with Crippen LogP contribution in [0.3, 0.4) is 0 Å². The molecule has 0 N–H and O–H groups in total. The summed E-state index contributed by atoms with van der Waals surface area (Å²) in [4.78, 5) is 11.0. The zero-order chi connectivity index (χ0) is 17.3. The molecule has 21 heavy (non-hydrogen) atoms. The predicted octanol–water partition coefficient (Wildman–Crippen LogP) is 4.04. The van der Waals surface area contributed by atoms with E-state index >= 15 is 0 Å². The highest BCUT2D eigenvalue weighted by Gasteiger charge is 2.81. The average molecular weight is 334 g/mol. The van der Waals surface area contributed by atoms with Crippen molar-refractivity contribution >= 4 is 5.97 Å². The first-order valence-corrected chi connectivity index (χ1v) is 5.48. The molecule has 1 unspecified atom stereocenters. The van der Waals surface area contributed by atoms with E-state index in [1.165, 1.54) is 13.8 Å². The maximum absolute atomic E-state index is 12.9. The van der Waals surface area contributed by atoms with E-state index in [4.69, 9.17) is 0 Å². The van der Waals surface area contributed by atoms with Crippen LogP contribution in [0, 0.1) is 5.92 Å². The summed E-state index contributed by atoms with van der Waals surface area (Å²) < 4.78 is 115. The molecule has 0 aliphatic carbocycles. The van der Waals surface area contributed by atoms with Crippen LogP contribution in [0.15, 0.2) is 0 Å². The van der Waals surface area contributed by atoms with Gasteiger partial charge in [-0.25, -0.2) is 0 Å². The van der Waals surface area contributed by atoms with Gasteiger partial charge in [0.2, 0.25) is 0 Å². The summed E-state index contributed by atoms with van der Waals surface area (Å²) in [5, 5.41) is 0. The summed E-state index contributed by atoms with van der Waals surface area (Å²) in [6.45, 7) is -0.00570. The van der Waals surface area contributed by atoms with Crippen LogP contribution in [-0.4, -0.2) is 36.5 Å². The van der Waals surface area contributed by atoms with Crippen molar-refractivity contribution in [2.24, 2.45) is 5.92 Å². The quantitative estimate of drug-likeness (QED) is 0.541. The van der Waals surface area contributed by atoms with Crippen LogP contribution >= 0.6 is 0 Å². The first-order valence-electron chi connectivity index (χ1n) is 5.48. The van der Waals surface area contributed by atoms with E-state index < -0.39 is 42.4 Å². The van der Waals surface area contributed by atoms with Gasteiger partial charge in [-0.05, 0) is 6.42 Å². The lowest BCUT2D eigenvalue weighted by molar-refractivity contribution is -0.398. The average Bonchev–Trinajstić information content (AvgIpc) is 2.33. The number of ether oxygens (including phenoxy) is 1. The number of rotatable bonds is 6. The Balaban J connectivity index is 5.18. The summed E-state index contributed by atoms with van der Waals surface area (Å²) in [6, 6.07) is 0. The third kappa shape index (κ3) is 3.73. The molecule has 0 heterocycles. The molecule has 126 valence electrons. The van der Waals surface area contributed by atoms with Crippen LogP contribution in [0.2, 0.25) is 0 Å². The summed E-state index contributed by atoms with van der Waals surface area (Å²) in [6.07, 6.45) is -6.82. The Morgan fingerprint density at radius 2 is 1.38 bits per heavy atom. The van der Waals surface area contributed by atoms with Gasteiger partial charge in [-0.15, -0.1) is 0 Å². The molecule has 0 aromatic heterocycles. The van der Waals surface area contributed by atoms with Crippen LogP contribution in [0.25, 0.3) is 0 Å². The summed E-state index contributed by atoms with van der Waals surface area (Å²) >= 11 is 0. The van der Waals surface area contributed by atoms with Gasteiger partial charge in [-0.1, -0.05) is 13.8 Å². The molecule has 1 atom stereocenters. The van der Waals surface area contributed by atoms with Gasteiger partial charge in [-0.3, -0.25) is 4.79 Å². The van der Waals surface area contributed by atoms with Crippen molar-refractivity contribution < 1.29 is 49.0 Å². The van der Waals surface area contributed by atoms with E-state index in [0.29, 0.717) is 0 Å². The van der Waals surface area contributed by atoms with Crippen molar-refractivity contribution in [2.75, 3.05) is 6.61 Å². The highest BCUT2D eigenvalue weighted by atomic mass is 19.4. The molecule has 0 spiro atoms. The molecule has 0 aliphatic heterocycles. The molecular weight excluding hydrogens is 323 g/mol. The largest absolute Gasteiger partial charge is 0.460 e. The van der Waals surface area contributed by atoms with Crippen molar-refractivity contribution in [3.8, 4) is 0 Å². The second-order valence-electron chi connectivity index (χ2n) is 4.27. The van der Waals surface area contributed by atoms with Gasteiger partial charge >= 0.3 is 29.9 Å². The first-order chi connectivity index (χ1) is 9.12. The van der Waals surface area contributed by atoms with Crippen LogP contribution < -0.4 is 0 Å². The zero-order valence-corrected chi connectivity index (χ0v) is 10.7. The fourth-order valence-corrected chi connectivity index (χ4v) is 0.969. The highest BCUT2D eigenvalue weighted by Crippen LogP contribution is 2.53. The van der Waals surface area contributed by atoms with E-state index in [0.717, 1.165) is 0 Å². The molecule has 0 aromatic carbocycles. The first kappa shape index (κ1) is 19.8. The molecule has 0 aliphatic rings. The smallest absolute Gasteiger partial charge is 0.459 e. The van der Waals surface area contributed by atoms with E-state index in [1.807, 2.05) is 0 Å². The maximum atomic E-state index is 12.9. The number of carbonyl (C=O) groups is 1. The van der Waals surface area contributed by atoms with Crippen molar-refractivity contribution in [1.82, 2.24) is 0 Å². The van der Waals surface area contributed by atoms with Crippen molar-refractivity contribution in [3.63, 3.8) is 0 Å². The molecule has 0 fully saturated rings. The fourth-order valence-electron chi connectivity index (χ4n) is 0.969. The number of hydrogen-bond acceptors (Lipinski definition) is 2. The predicted molar refractivity (Wildman–Crippen MR) is 51.3 cm³/mol.